The SMILES string of the molecule is CC(C)=NCCC(C)(C)C. The van der Waals surface area contributed by atoms with Crippen LogP contribution in [-0.2, 0) is 0 Å². The standard InChI is InChI=1S/C9H19N/c1-8(2)10-7-6-9(3,4)5/h6-7H2,1-5H3. The van der Waals surface area contributed by atoms with Gasteiger partial charge in [0, 0.05) is 12.3 Å². The lowest BCUT2D eigenvalue weighted by atomic mass is 9.92. The summed E-state index contributed by atoms with van der Waals surface area (Å²) in [6.45, 7) is 11.8. The molecule has 0 amide bonds. The minimum Gasteiger partial charge on any atom is -0.295 e. The normalized spacial score (nSPS) is 11.3. The van der Waals surface area contributed by atoms with E-state index >= 15 is 0 Å². The summed E-state index contributed by atoms with van der Waals surface area (Å²) in [7, 11) is 0. The third kappa shape index (κ3) is 7.67. The molecule has 0 atom stereocenters. The number of hydrogen-bond donors (Lipinski definition) is 0. The average Bonchev–Trinajstić information content (AvgIpc) is 1.59. The van der Waals surface area contributed by atoms with E-state index in [4.69, 9.17) is 0 Å². The third-order valence-corrected chi connectivity index (χ3v) is 1.29. The van der Waals surface area contributed by atoms with Gasteiger partial charge in [0.25, 0.3) is 0 Å². The molecule has 0 radical (unpaired) electrons. The van der Waals surface area contributed by atoms with Crippen molar-refractivity contribution in [1.29, 1.82) is 0 Å². The van der Waals surface area contributed by atoms with Gasteiger partial charge in [-0.2, -0.15) is 0 Å². The van der Waals surface area contributed by atoms with Gasteiger partial charge in [0.15, 0.2) is 0 Å². The molecule has 0 N–H and O–H groups in total. The van der Waals surface area contributed by atoms with Gasteiger partial charge in [-0.05, 0) is 25.7 Å². The van der Waals surface area contributed by atoms with Gasteiger partial charge in [0.05, 0.1) is 0 Å². The lowest BCUT2D eigenvalue weighted by molar-refractivity contribution is 0.385. The Balaban J connectivity index is 3.47. The Morgan fingerprint density at radius 1 is 1.20 bits per heavy atom. The van der Waals surface area contributed by atoms with Crippen LogP contribution in [0.15, 0.2) is 4.99 Å². The predicted molar refractivity (Wildman–Crippen MR) is 47.7 cm³/mol. The summed E-state index contributed by atoms with van der Waals surface area (Å²) in [6, 6.07) is 0. The fraction of sp³-hybridized carbons (Fsp3) is 0.889. The zero-order valence-corrected chi connectivity index (χ0v) is 7.86. The van der Waals surface area contributed by atoms with E-state index in [-0.39, 0.29) is 0 Å². The Bertz CT molecular complexity index is 113. The first-order valence-electron chi connectivity index (χ1n) is 3.89. The van der Waals surface area contributed by atoms with Crippen LogP contribution in [0.4, 0.5) is 0 Å². The molecule has 60 valence electrons. The summed E-state index contributed by atoms with van der Waals surface area (Å²) in [6.07, 6.45) is 1.18. The highest BCUT2D eigenvalue weighted by molar-refractivity contribution is 5.78. The Kier molecular flexibility index (Phi) is 3.62. The smallest absolute Gasteiger partial charge is 0.0393 e. The zero-order chi connectivity index (χ0) is 8.20. The third-order valence-electron chi connectivity index (χ3n) is 1.29. The van der Waals surface area contributed by atoms with E-state index in [1.165, 1.54) is 12.1 Å². The van der Waals surface area contributed by atoms with Gasteiger partial charge in [0.1, 0.15) is 0 Å². The van der Waals surface area contributed by atoms with Gasteiger partial charge in [-0.3, -0.25) is 4.99 Å². The highest BCUT2D eigenvalue weighted by Crippen LogP contribution is 2.17. The van der Waals surface area contributed by atoms with Gasteiger partial charge in [-0.25, -0.2) is 0 Å². The van der Waals surface area contributed by atoms with Crippen LogP contribution in [0, 0.1) is 5.41 Å². The maximum Gasteiger partial charge on any atom is 0.0393 e. The van der Waals surface area contributed by atoms with Crippen molar-refractivity contribution in [2.24, 2.45) is 10.4 Å². The van der Waals surface area contributed by atoms with E-state index in [0.29, 0.717) is 5.41 Å². The Morgan fingerprint density at radius 3 is 2.00 bits per heavy atom. The fourth-order valence-corrected chi connectivity index (χ4v) is 0.615. The molecule has 0 fully saturated rings. The molecule has 0 aromatic carbocycles. The van der Waals surface area contributed by atoms with Crippen molar-refractivity contribution in [3.63, 3.8) is 0 Å². The van der Waals surface area contributed by atoms with Crippen LogP contribution in [0.1, 0.15) is 41.0 Å². The second-order valence-electron chi connectivity index (χ2n) is 4.14. The molecule has 0 spiro atoms. The molecule has 0 aromatic heterocycles. The van der Waals surface area contributed by atoms with Crippen LogP contribution in [-0.4, -0.2) is 12.3 Å². The molecule has 0 aliphatic rings. The van der Waals surface area contributed by atoms with E-state index in [9.17, 15) is 0 Å². The summed E-state index contributed by atoms with van der Waals surface area (Å²) in [5, 5.41) is 0. The Hall–Kier alpha value is -0.330. The molecule has 1 heteroatoms. The number of nitrogens with zero attached hydrogens (tertiary/aromatic N) is 1. The number of aliphatic imine (C=N–C) groups is 1. The first-order valence-corrected chi connectivity index (χ1v) is 3.89. The second kappa shape index (κ2) is 3.75. The zero-order valence-electron chi connectivity index (χ0n) is 7.86. The van der Waals surface area contributed by atoms with E-state index in [1.807, 2.05) is 13.8 Å². The predicted octanol–water partition coefficient (Wildman–Crippen LogP) is 2.90. The molecule has 10 heavy (non-hydrogen) atoms. The second-order valence-corrected chi connectivity index (χ2v) is 4.14. The molecule has 1 nitrogen and oxygen atoms in total. The van der Waals surface area contributed by atoms with E-state index in [0.717, 1.165) is 6.54 Å². The molecule has 0 aliphatic carbocycles. The maximum atomic E-state index is 4.33. The summed E-state index contributed by atoms with van der Waals surface area (Å²) in [5.41, 5.74) is 1.61. The summed E-state index contributed by atoms with van der Waals surface area (Å²) in [4.78, 5) is 4.33. The molecule has 0 saturated carbocycles. The Labute approximate surface area is 64.6 Å². The van der Waals surface area contributed by atoms with Crippen LogP contribution in [0.5, 0.6) is 0 Å². The first kappa shape index (κ1) is 9.67. The molecule has 0 aliphatic heterocycles. The Morgan fingerprint density at radius 2 is 1.70 bits per heavy atom. The van der Waals surface area contributed by atoms with Crippen LogP contribution >= 0.6 is 0 Å². The topological polar surface area (TPSA) is 12.4 Å². The molecule has 0 unspecified atom stereocenters. The van der Waals surface area contributed by atoms with E-state index in [2.05, 4.69) is 25.8 Å². The van der Waals surface area contributed by atoms with Crippen LogP contribution < -0.4 is 0 Å². The molecule has 0 bridgehead atoms. The quantitative estimate of drug-likeness (QED) is 0.524. The largest absolute Gasteiger partial charge is 0.295 e. The van der Waals surface area contributed by atoms with Gasteiger partial charge >= 0.3 is 0 Å². The summed E-state index contributed by atoms with van der Waals surface area (Å²) < 4.78 is 0. The van der Waals surface area contributed by atoms with Gasteiger partial charge in [-0.15, -0.1) is 0 Å². The summed E-state index contributed by atoms with van der Waals surface area (Å²) >= 11 is 0. The van der Waals surface area contributed by atoms with Gasteiger partial charge in [0.2, 0.25) is 0 Å². The van der Waals surface area contributed by atoms with Crippen molar-refractivity contribution in [3.05, 3.63) is 0 Å². The van der Waals surface area contributed by atoms with Crippen molar-refractivity contribution in [2.45, 2.75) is 41.0 Å². The van der Waals surface area contributed by atoms with Crippen molar-refractivity contribution in [2.75, 3.05) is 6.54 Å². The van der Waals surface area contributed by atoms with Gasteiger partial charge in [-0.1, -0.05) is 20.8 Å². The molecule has 0 rings (SSSR count). The first-order chi connectivity index (χ1) is 4.42. The lowest BCUT2D eigenvalue weighted by Crippen LogP contribution is -2.06. The van der Waals surface area contributed by atoms with E-state index in [1.54, 1.807) is 0 Å². The summed E-state index contributed by atoms with van der Waals surface area (Å²) in [5.74, 6) is 0. The van der Waals surface area contributed by atoms with Crippen molar-refractivity contribution < 1.29 is 0 Å². The van der Waals surface area contributed by atoms with Crippen LogP contribution in [0.3, 0.4) is 0 Å². The highest BCUT2D eigenvalue weighted by Gasteiger charge is 2.07. The van der Waals surface area contributed by atoms with Gasteiger partial charge < -0.3 is 0 Å². The van der Waals surface area contributed by atoms with E-state index < -0.39 is 0 Å². The molecule has 0 heterocycles. The molecular weight excluding hydrogens is 122 g/mol. The number of rotatable bonds is 2. The monoisotopic (exact) mass is 141 g/mol. The molecular formula is C9H19N. The lowest BCUT2D eigenvalue weighted by Gasteiger charge is -2.15. The fourth-order valence-electron chi connectivity index (χ4n) is 0.615. The molecule has 0 saturated heterocycles. The van der Waals surface area contributed by atoms with Crippen LogP contribution in [0.2, 0.25) is 0 Å². The minimum absolute atomic E-state index is 0.430. The maximum absolute atomic E-state index is 4.33. The van der Waals surface area contributed by atoms with Crippen molar-refractivity contribution in [3.8, 4) is 0 Å². The van der Waals surface area contributed by atoms with Crippen molar-refractivity contribution in [1.82, 2.24) is 0 Å². The van der Waals surface area contributed by atoms with Crippen LogP contribution in [0.25, 0.3) is 0 Å². The minimum atomic E-state index is 0.430. The number of hydrogen-bond acceptors (Lipinski definition) is 1. The van der Waals surface area contributed by atoms with Crippen molar-refractivity contribution >= 4 is 5.71 Å². The molecule has 0 aromatic rings. The average molecular weight is 141 g/mol. The highest BCUT2D eigenvalue weighted by atomic mass is 14.7.